The lowest BCUT2D eigenvalue weighted by molar-refractivity contribution is 0.0653. The van der Waals surface area contributed by atoms with E-state index in [1.54, 1.807) is 18.2 Å². The number of amides is 4. The van der Waals surface area contributed by atoms with E-state index in [1.165, 1.54) is 16.0 Å². The highest BCUT2D eigenvalue weighted by Gasteiger charge is 2.34. The van der Waals surface area contributed by atoms with Gasteiger partial charge < -0.3 is 10.6 Å². The van der Waals surface area contributed by atoms with Crippen molar-refractivity contribution in [1.29, 1.82) is 0 Å². The summed E-state index contributed by atoms with van der Waals surface area (Å²) < 4.78 is 0.762. The molecule has 1 aliphatic heterocycles. The third kappa shape index (κ3) is 4.78. The number of benzene rings is 2. The number of nitrogens with zero attached hydrogens (tertiary/aromatic N) is 1. The topological polar surface area (TPSA) is 78.5 Å². The first-order valence-electron chi connectivity index (χ1n) is 9.18. The maximum Gasteiger partial charge on any atom is 0.314 e. The Balaban J connectivity index is 1.36. The summed E-state index contributed by atoms with van der Waals surface area (Å²) in [6.45, 7) is 3.24. The molecule has 0 radical (unpaired) electrons. The summed E-state index contributed by atoms with van der Waals surface area (Å²) in [5.41, 5.74) is 3.22. The van der Waals surface area contributed by atoms with Crippen LogP contribution in [-0.2, 0) is 6.42 Å². The number of imide groups is 1. The minimum Gasteiger partial charge on any atom is -0.338 e. The molecule has 0 atom stereocenters. The van der Waals surface area contributed by atoms with E-state index in [0.717, 1.165) is 10.9 Å². The molecule has 2 N–H and O–H groups in total. The molecule has 0 aromatic heterocycles. The van der Waals surface area contributed by atoms with Crippen molar-refractivity contribution in [3.05, 3.63) is 69.2 Å². The standard InChI is InChI=1S/C21H22BrN3O3/c1-14-3-5-15(6-4-14)9-11-24-21(28)23-10-2-12-25-19(26)17-8-7-16(22)13-18(17)20(25)27/h3-8,13H,2,9-12H2,1H3,(H2,23,24,28). The summed E-state index contributed by atoms with van der Waals surface area (Å²) in [6.07, 6.45) is 1.26. The summed E-state index contributed by atoms with van der Waals surface area (Å²) in [5, 5.41) is 5.56. The maximum absolute atomic E-state index is 12.4. The first kappa shape index (κ1) is 20.1. The Hall–Kier alpha value is -2.67. The van der Waals surface area contributed by atoms with E-state index in [0.29, 0.717) is 30.6 Å². The zero-order valence-electron chi connectivity index (χ0n) is 15.6. The van der Waals surface area contributed by atoms with Gasteiger partial charge in [0.1, 0.15) is 0 Å². The van der Waals surface area contributed by atoms with Gasteiger partial charge in [-0.3, -0.25) is 14.5 Å². The highest BCUT2D eigenvalue weighted by Crippen LogP contribution is 2.25. The fraction of sp³-hybridized carbons (Fsp3) is 0.286. The number of carbonyl (C=O) groups excluding carboxylic acids is 3. The van der Waals surface area contributed by atoms with E-state index >= 15 is 0 Å². The molecule has 0 saturated heterocycles. The SMILES string of the molecule is Cc1ccc(CCNC(=O)NCCCN2C(=O)c3ccc(Br)cc3C2=O)cc1. The van der Waals surface area contributed by atoms with Crippen molar-refractivity contribution in [1.82, 2.24) is 15.5 Å². The zero-order valence-corrected chi connectivity index (χ0v) is 17.2. The van der Waals surface area contributed by atoms with Crippen molar-refractivity contribution in [3.8, 4) is 0 Å². The van der Waals surface area contributed by atoms with Crippen LogP contribution in [0, 0.1) is 6.92 Å². The van der Waals surface area contributed by atoms with E-state index in [4.69, 9.17) is 0 Å². The molecule has 3 rings (SSSR count). The van der Waals surface area contributed by atoms with Crippen LogP contribution in [-0.4, -0.2) is 42.4 Å². The smallest absolute Gasteiger partial charge is 0.314 e. The minimum absolute atomic E-state index is 0.251. The average molecular weight is 444 g/mol. The average Bonchev–Trinajstić information content (AvgIpc) is 2.90. The van der Waals surface area contributed by atoms with Crippen LogP contribution in [0.1, 0.15) is 38.3 Å². The van der Waals surface area contributed by atoms with Gasteiger partial charge in [-0.15, -0.1) is 0 Å². The van der Waals surface area contributed by atoms with Gasteiger partial charge in [-0.1, -0.05) is 45.8 Å². The molecular formula is C21H22BrN3O3. The molecular weight excluding hydrogens is 422 g/mol. The van der Waals surface area contributed by atoms with E-state index in [1.807, 2.05) is 19.1 Å². The van der Waals surface area contributed by atoms with Crippen LogP contribution < -0.4 is 10.6 Å². The number of halogens is 1. The Morgan fingerprint density at radius 2 is 1.64 bits per heavy atom. The van der Waals surface area contributed by atoms with Gasteiger partial charge in [0.25, 0.3) is 11.8 Å². The Morgan fingerprint density at radius 1 is 0.964 bits per heavy atom. The fourth-order valence-electron chi connectivity index (χ4n) is 3.04. The highest BCUT2D eigenvalue weighted by atomic mass is 79.9. The summed E-state index contributed by atoms with van der Waals surface area (Å²) in [5.74, 6) is -0.570. The number of rotatable bonds is 7. The summed E-state index contributed by atoms with van der Waals surface area (Å²) in [7, 11) is 0. The minimum atomic E-state index is -0.288. The second kappa shape index (κ2) is 9.01. The molecule has 2 aromatic carbocycles. The highest BCUT2D eigenvalue weighted by molar-refractivity contribution is 9.10. The first-order valence-corrected chi connectivity index (χ1v) is 9.98. The van der Waals surface area contributed by atoms with Crippen LogP contribution in [0.5, 0.6) is 0 Å². The lowest BCUT2D eigenvalue weighted by Crippen LogP contribution is -2.38. The van der Waals surface area contributed by atoms with E-state index < -0.39 is 0 Å². The van der Waals surface area contributed by atoms with Gasteiger partial charge in [-0.25, -0.2) is 4.79 Å². The van der Waals surface area contributed by atoms with Crippen molar-refractivity contribution in [3.63, 3.8) is 0 Å². The number of carbonyl (C=O) groups is 3. The van der Waals surface area contributed by atoms with Crippen LogP contribution in [0.15, 0.2) is 46.9 Å². The molecule has 28 heavy (non-hydrogen) atoms. The molecule has 0 bridgehead atoms. The van der Waals surface area contributed by atoms with Crippen molar-refractivity contribution < 1.29 is 14.4 Å². The monoisotopic (exact) mass is 443 g/mol. The van der Waals surface area contributed by atoms with Crippen LogP contribution in [0.3, 0.4) is 0 Å². The van der Waals surface area contributed by atoms with E-state index in [-0.39, 0.29) is 24.4 Å². The molecule has 7 heteroatoms. The van der Waals surface area contributed by atoms with E-state index in [2.05, 4.69) is 38.7 Å². The quantitative estimate of drug-likeness (QED) is 0.508. The normalized spacial score (nSPS) is 12.9. The van der Waals surface area contributed by atoms with Crippen molar-refractivity contribution >= 4 is 33.8 Å². The number of nitrogens with one attached hydrogen (secondary N) is 2. The first-order chi connectivity index (χ1) is 13.5. The third-order valence-electron chi connectivity index (χ3n) is 4.60. The summed E-state index contributed by atoms with van der Waals surface area (Å²) >= 11 is 3.31. The molecule has 1 heterocycles. The van der Waals surface area contributed by atoms with Gasteiger partial charge >= 0.3 is 6.03 Å². The predicted molar refractivity (Wildman–Crippen MR) is 110 cm³/mol. The van der Waals surface area contributed by atoms with E-state index in [9.17, 15) is 14.4 Å². The maximum atomic E-state index is 12.4. The molecule has 0 spiro atoms. The van der Waals surface area contributed by atoms with Crippen molar-refractivity contribution in [2.24, 2.45) is 0 Å². The summed E-state index contributed by atoms with van der Waals surface area (Å²) in [4.78, 5) is 37.8. The number of urea groups is 1. The molecule has 0 aliphatic carbocycles. The van der Waals surface area contributed by atoms with Gasteiger partial charge in [-0.05, 0) is 43.5 Å². The van der Waals surface area contributed by atoms with Crippen molar-refractivity contribution in [2.75, 3.05) is 19.6 Å². The fourth-order valence-corrected chi connectivity index (χ4v) is 3.40. The number of hydrogen-bond donors (Lipinski definition) is 2. The number of aryl methyl sites for hydroxylation is 1. The molecule has 0 saturated carbocycles. The van der Waals surface area contributed by atoms with Gasteiger partial charge in [0.15, 0.2) is 0 Å². The van der Waals surface area contributed by atoms with Crippen LogP contribution >= 0.6 is 15.9 Å². The second-order valence-corrected chi connectivity index (χ2v) is 7.64. The predicted octanol–water partition coefficient (Wildman–Crippen LogP) is 3.29. The number of fused-ring (bicyclic) bond motifs is 1. The van der Waals surface area contributed by atoms with Gasteiger partial charge in [0.2, 0.25) is 0 Å². The zero-order chi connectivity index (χ0) is 20.1. The third-order valence-corrected chi connectivity index (χ3v) is 5.09. The molecule has 4 amide bonds. The Labute approximate surface area is 172 Å². The summed E-state index contributed by atoms with van der Waals surface area (Å²) in [6, 6.07) is 13.0. The molecule has 0 unspecified atom stereocenters. The lowest BCUT2D eigenvalue weighted by atomic mass is 10.1. The van der Waals surface area contributed by atoms with Crippen LogP contribution in [0.2, 0.25) is 0 Å². The lowest BCUT2D eigenvalue weighted by Gasteiger charge is -2.14. The van der Waals surface area contributed by atoms with Gasteiger partial charge in [0.05, 0.1) is 11.1 Å². The molecule has 146 valence electrons. The van der Waals surface area contributed by atoms with Gasteiger partial charge in [0, 0.05) is 24.1 Å². The Morgan fingerprint density at radius 3 is 2.39 bits per heavy atom. The molecule has 2 aromatic rings. The largest absolute Gasteiger partial charge is 0.338 e. The molecule has 0 fully saturated rings. The van der Waals surface area contributed by atoms with Crippen LogP contribution in [0.25, 0.3) is 0 Å². The van der Waals surface area contributed by atoms with Gasteiger partial charge in [-0.2, -0.15) is 0 Å². The number of hydrogen-bond acceptors (Lipinski definition) is 3. The molecule has 6 nitrogen and oxygen atoms in total. The van der Waals surface area contributed by atoms with Crippen molar-refractivity contribution in [2.45, 2.75) is 19.8 Å². The Bertz CT molecular complexity index is 896. The van der Waals surface area contributed by atoms with Crippen LogP contribution in [0.4, 0.5) is 4.79 Å². The Kier molecular flexibility index (Phi) is 6.46. The second-order valence-electron chi connectivity index (χ2n) is 6.72. The molecule has 1 aliphatic rings.